The summed E-state index contributed by atoms with van der Waals surface area (Å²) in [5.74, 6) is -2.77. The highest BCUT2D eigenvalue weighted by Gasteiger charge is 2.18. The molecule has 1 aliphatic rings. The number of nitrogens with zero attached hydrogens (tertiary/aromatic N) is 2. The zero-order valence-electron chi connectivity index (χ0n) is 11.4. The average molecular weight is 351 g/mol. The van der Waals surface area contributed by atoms with Crippen LogP contribution in [0.25, 0.3) is 0 Å². The van der Waals surface area contributed by atoms with E-state index in [1.54, 1.807) is 0 Å². The highest BCUT2D eigenvalue weighted by atomic mass is 79.9. The first-order valence-corrected chi connectivity index (χ1v) is 7.51. The van der Waals surface area contributed by atoms with Gasteiger partial charge in [0.05, 0.1) is 4.47 Å². The molecule has 6 heteroatoms. The van der Waals surface area contributed by atoms with Crippen molar-refractivity contribution in [3.05, 3.63) is 33.6 Å². The first kappa shape index (κ1) is 15.8. The number of piperazine rings is 1. The van der Waals surface area contributed by atoms with Gasteiger partial charge in [0, 0.05) is 31.7 Å². The van der Waals surface area contributed by atoms with E-state index in [1.807, 2.05) is 0 Å². The number of hydrogen-bond acceptors (Lipinski definition) is 2. The van der Waals surface area contributed by atoms with Crippen molar-refractivity contribution in [2.45, 2.75) is 12.8 Å². The molecule has 2 rings (SSSR count). The molecule has 0 aliphatic carbocycles. The van der Waals surface area contributed by atoms with Crippen LogP contribution in [0.2, 0.25) is 0 Å². The Morgan fingerprint density at radius 3 is 2.40 bits per heavy atom. The second-order valence-electron chi connectivity index (χ2n) is 5.20. The lowest BCUT2D eigenvalue weighted by molar-refractivity contribution is 0.153. The van der Waals surface area contributed by atoms with Gasteiger partial charge in [-0.1, -0.05) is 0 Å². The van der Waals surface area contributed by atoms with Gasteiger partial charge in [-0.15, -0.1) is 0 Å². The van der Waals surface area contributed by atoms with Crippen molar-refractivity contribution in [1.29, 1.82) is 0 Å². The zero-order valence-corrected chi connectivity index (χ0v) is 13.0. The molecule has 1 aliphatic heterocycles. The highest BCUT2D eigenvalue weighted by Crippen LogP contribution is 2.25. The van der Waals surface area contributed by atoms with E-state index in [9.17, 15) is 13.2 Å². The van der Waals surface area contributed by atoms with Gasteiger partial charge in [-0.2, -0.15) is 0 Å². The summed E-state index contributed by atoms with van der Waals surface area (Å²) in [6, 6.07) is 0.990. The van der Waals surface area contributed by atoms with Crippen LogP contribution in [0.4, 0.5) is 13.2 Å². The molecular formula is C14H18BrF3N2. The topological polar surface area (TPSA) is 6.48 Å². The van der Waals surface area contributed by atoms with Crippen molar-refractivity contribution in [3.63, 3.8) is 0 Å². The van der Waals surface area contributed by atoms with Gasteiger partial charge in [0.2, 0.25) is 0 Å². The third-order valence-corrected chi connectivity index (χ3v) is 4.28. The molecule has 0 radical (unpaired) electrons. The quantitative estimate of drug-likeness (QED) is 0.608. The summed E-state index contributed by atoms with van der Waals surface area (Å²) < 4.78 is 40.5. The fourth-order valence-electron chi connectivity index (χ4n) is 2.38. The smallest absolute Gasteiger partial charge is 0.173 e. The summed E-state index contributed by atoms with van der Waals surface area (Å²) >= 11 is 2.80. The monoisotopic (exact) mass is 350 g/mol. The number of likely N-dealkylation sites (N-methyl/N-ethyl adjacent to an activating group) is 1. The van der Waals surface area contributed by atoms with Crippen LogP contribution in [-0.2, 0) is 6.42 Å². The minimum atomic E-state index is -1.07. The molecule has 1 fully saturated rings. The average Bonchev–Trinajstić information content (AvgIpc) is 2.42. The van der Waals surface area contributed by atoms with Crippen molar-refractivity contribution >= 4 is 15.9 Å². The predicted octanol–water partition coefficient (Wildman–Crippen LogP) is 3.05. The normalized spacial score (nSPS) is 17.6. The molecule has 0 spiro atoms. The van der Waals surface area contributed by atoms with E-state index in [-0.39, 0.29) is 16.5 Å². The van der Waals surface area contributed by atoms with Crippen LogP contribution >= 0.6 is 15.9 Å². The van der Waals surface area contributed by atoms with E-state index in [0.29, 0.717) is 6.42 Å². The van der Waals surface area contributed by atoms with E-state index in [4.69, 9.17) is 0 Å². The first-order chi connectivity index (χ1) is 9.49. The molecule has 1 heterocycles. The van der Waals surface area contributed by atoms with Crippen molar-refractivity contribution in [2.75, 3.05) is 39.8 Å². The van der Waals surface area contributed by atoms with E-state index in [1.165, 1.54) is 0 Å². The number of halogens is 4. The van der Waals surface area contributed by atoms with Crippen LogP contribution in [-0.4, -0.2) is 49.6 Å². The molecule has 0 bridgehead atoms. The number of rotatable bonds is 4. The maximum absolute atomic E-state index is 13.7. The van der Waals surface area contributed by atoms with E-state index < -0.39 is 17.5 Å². The largest absolute Gasteiger partial charge is 0.304 e. The lowest BCUT2D eigenvalue weighted by Gasteiger charge is -2.32. The van der Waals surface area contributed by atoms with Crippen LogP contribution in [0.3, 0.4) is 0 Å². The molecule has 20 heavy (non-hydrogen) atoms. The Balaban J connectivity index is 1.90. The standard InChI is InChI=1S/C14H18BrF3N2/c1-19-5-7-20(8-6-19)4-2-3-10-12(16)9-11(15)14(18)13(10)17/h9H,2-8H2,1H3. The molecule has 2 nitrogen and oxygen atoms in total. The molecule has 0 saturated carbocycles. The Morgan fingerprint density at radius 1 is 1.10 bits per heavy atom. The van der Waals surface area contributed by atoms with Gasteiger partial charge in [-0.05, 0) is 48.4 Å². The lowest BCUT2D eigenvalue weighted by Crippen LogP contribution is -2.44. The summed E-state index contributed by atoms with van der Waals surface area (Å²) in [5.41, 5.74) is -0.153. The van der Waals surface area contributed by atoms with Crippen LogP contribution in [0.1, 0.15) is 12.0 Å². The zero-order chi connectivity index (χ0) is 14.7. The van der Waals surface area contributed by atoms with E-state index in [2.05, 4.69) is 32.8 Å². The van der Waals surface area contributed by atoms with Gasteiger partial charge in [0.25, 0.3) is 0 Å². The van der Waals surface area contributed by atoms with E-state index in [0.717, 1.165) is 38.8 Å². The third-order valence-electron chi connectivity index (χ3n) is 3.71. The molecule has 0 unspecified atom stereocenters. The fraction of sp³-hybridized carbons (Fsp3) is 0.571. The number of hydrogen-bond donors (Lipinski definition) is 0. The maximum atomic E-state index is 13.7. The SMILES string of the molecule is CN1CCN(CCCc2c(F)cc(Br)c(F)c2F)CC1. The maximum Gasteiger partial charge on any atom is 0.173 e. The summed E-state index contributed by atoms with van der Waals surface area (Å²) in [7, 11) is 2.08. The van der Waals surface area contributed by atoms with Gasteiger partial charge in [-0.3, -0.25) is 0 Å². The second-order valence-corrected chi connectivity index (χ2v) is 6.05. The number of benzene rings is 1. The third kappa shape index (κ3) is 3.74. The molecule has 1 saturated heterocycles. The summed E-state index contributed by atoms with van der Waals surface area (Å²) in [6.45, 7) is 4.74. The molecule has 0 N–H and O–H groups in total. The molecule has 0 amide bonds. The minimum absolute atomic E-state index is 0.153. The Morgan fingerprint density at radius 2 is 1.75 bits per heavy atom. The molecule has 1 aromatic carbocycles. The van der Waals surface area contributed by atoms with Gasteiger partial charge >= 0.3 is 0 Å². The Hall–Kier alpha value is -0.590. The molecule has 1 aromatic rings. The van der Waals surface area contributed by atoms with Crippen LogP contribution < -0.4 is 0 Å². The summed E-state index contributed by atoms with van der Waals surface area (Å²) in [5, 5.41) is 0. The van der Waals surface area contributed by atoms with Crippen LogP contribution in [0.15, 0.2) is 10.5 Å². The van der Waals surface area contributed by atoms with Gasteiger partial charge in [0.15, 0.2) is 11.6 Å². The van der Waals surface area contributed by atoms with Crippen LogP contribution in [0, 0.1) is 17.5 Å². The molecular weight excluding hydrogens is 333 g/mol. The lowest BCUT2D eigenvalue weighted by atomic mass is 10.1. The Kier molecular flexibility index (Phi) is 5.46. The Labute approximate surface area is 125 Å². The highest BCUT2D eigenvalue weighted by molar-refractivity contribution is 9.10. The minimum Gasteiger partial charge on any atom is -0.304 e. The molecule has 0 aromatic heterocycles. The van der Waals surface area contributed by atoms with Gasteiger partial charge in [-0.25, -0.2) is 13.2 Å². The first-order valence-electron chi connectivity index (χ1n) is 6.72. The fourth-order valence-corrected chi connectivity index (χ4v) is 2.76. The molecule has 0 atom stereocenters. The molecule has 112 valence electrons. The van der Waals surface area contributed by atoms with Crippen molar-refractivity contribution in [3.8, 4) is 0 Å². The summed E-state index contributed by atoms with van der Waals surface area (Å²) in [4.78, 5) is 4.52. The predicted molar refractivity (Wildman–Crippen MR) is 76.3 cm³/mol. The van der Waals surface area contributed by atoms with Gasteiger partial charge < -0.3 is 9.80 Å². The van der Waals surface area contributed by atoms with Crippen molar-refractivity contribution in [1.82, 2.24) is 9.80 Å². The second kappa shape index (κ2) is 6.91. The van der Waals surface area contributed by atoms with Crippen molar-refractivity contribution in [2.24, 2.45) is 0 Å². The van der Waals surface area contributed by atoms with Gasteiger partial charge in [0.1, 0.15) is 5.82 Å². The van der Waals surface area contributed by atoms with Crippen LogP contribution in [0.5, 0.6) is 0 Å². The van der Waals surface area contributed by atoms with E-state index >= 15 is 0 Å². The Bertz CT molecular complexity index is 474. The summed E-state index contributed by atoms with van der Waals surface area (Å²) in [6.07, 6.45) is 0.840. The van der Waals surface area contributed by atoms with Crippen molar-refractivity contribution < 1.29 is 13.2 Å².